The largest absolute Gasteiger partial charge is 0.481 e. The number of benzene rings is 1. The summed E-state index contributed by atoms with van der Waals surface area (Å²) in [5.74, 6) is -0.491. The van der Waals surface area contributed by atoms with Gasteiger partial charge in [-0.3, -0.25) is 19.0 Å². The van der Waals surface area contributed by atoms with Crippen LogP contribution in [0.4, 0.5) is 24.9 Å². The Hall–Kier alpha value is -4.48. The summed E-state index contributed by atoms with van der Waals surface area (Å²) < 4.78 is 40.7. The van der Waals surface area contributed by atoms with Crippen LogP contribution in [0.3, 0.4) is 0 Å². The molecule has 4 aromatic rings. The second-order valence-electron chi connectivity index (χ2n) is 9.54. The van der Waals surface area contributed by atoms with E-state index in [1.165, 1.54) is 6.20 Å². The molecule has 1 aromatic carbocycles. The standard InChI is InChI=1S/C26H23F3N6O3/c1-25(23(37)38)7-10-34(14-25)24-33-20(21-22(30)32-9-11-35(21)24)16-4-2-15(3-5-16)19(36)13-18-12-17(6-8-31-18)26(27,28)29/h2-6,8-9,11-12H,7,10,13-14H2,1H3,(H2,30,32)(H,37,38)/t25-/m0/s1. The number of rotatable bonds is 6. The SMILES string of the molecule is C[C@]1(C(=O)O)CCN(c2nc(-c3ccc(C(=O)Cc4cc(C(F)(F)F)ccn4)cc3)c3c(N)nccn23)C1. The monoisotopic (exact) mass is 524 g/mol. The van der Waals surface area contributed by atoms with Crippen molar-refractivity contribution in [2.75, 3.05) is 23.7 Å². The number of nitrogens with zero attached hydrogens (tertiary/aromatic N) is 5. The third kappa shape index (κ3) is 4.53. The molecule has 0 amide bonds. The molecule has 4 heterocycles. The number of halogens is 3. The van der Waals surface area contributed by atoms with Gasteiger partial charge in [0.05, 0.1) is 17.4 Å². The molecule has 0 saturated carbocycles. The van der Waals surface area contributed by atoms with E-state index in [1.54, 1.807) is 41.8 Å². The molecule has 1 aliphatic heterocycles. The van der Waals surface area contributed by atoms with Crippen molar-refractivity contribution < 1.29 is 27.9 Å². The van der Waals surface area contributed by atoms with Crippen molar-refractivity contribution in [1.29, 1.82) is 0 Å². The fourth-order valence-corrected chi connectivity index (χ4v) is 4.61. The molecule has 9 nitrogen and oxygen atoms in total. The van der Waals surface area contributed by atoms with Crippen LogP contribution in [0, 0.1) is 5.41 Å². The summed E-state index contributed by atoms with van der Waals surface area (Å²) >= 11 is 0. The first kappa shape index (κ1) is 25.2. The molecule has 196 valence electrons. The Morgan fingerprint density at radius 1 is 1.13 bits per heavy atom. The molecule has 0 aliphatic carbocycles. The normalized spacial score (nSPS) is 17.7. The number of aromatic nitrogens is 4. The number of nitrogens with two attached hydrogens (primary N) is 1. The van der Waals surface area contributed by atoms with Gasteiger partial charge in [0.25, 0.3) is 0 Å². The van der Waals surface area contributed by atoms with E-state index in [9.17, 15) is 27.9 Å². The van der Waals surface area contributed by atoms with Crippen LogP contribution in [0.2, 0.25) is 0 Å². The fourth-order valence-electron chi connectivity index (χ4n) is 4.61. The number of anilines is 2. The Kier molecular flexibility index (Phi) is 6.04. The summed E-state index contributed by atoms with van der Waals surface area (Å²) in [5.41, 5.74) is 6.45. The molecule has 0 unspecified atom stereocenters. The number of fused-ring (bicyclic) bond motifs is 1. The predicted molar refractivity (Wildman–Crippen MR) is 133 cm³/mol. The van der Waals surface area contributed by atoms with Gasteiger partial charge in [0.2, 0.25) is 5.95 Å². The van der Waals surface area contributed by atoms with Gasteiger partial charge >= 0.3 is 12.1 Å². The van der Waals surface area contributed by atoms with E-state index < -0.39 is 23.1 Å². The first-order chi connectivity index (χ1) is 18.0. The minimum atomic E-state index is -4.52. The molecule has 1 aliphatic rings. The summed E-state index contributed by atoms with van der Waals surface area (Å²) in [6, 6.07) is 8.22. The van der Waals surface area contributed by atoms with Crippen LogP contribution in [0.5, 0.6) is 0 Å². The summed E-state index contributed by atoms with van der Waals surface area (Å²) in [4.78, 5) is 39.2. The van der Waals surface area contributed by atoms with Crippen LogP contribution in [-0.2, 0) is 17.4 Å². The number of ketones is 1. The van der Waals surface area contributed by atoms with E-state index in [0.717, 1.165) is 18.3 Å². The first-order valence-corrected chi connectivity index (χ1v) is 11.7. The maximum absolute atomic E-state index is 13.0. The van der Waals surface area contributed by atoms with Crippen molar-refractivity contribution in [3.8, 4) is 11.3 Å². The molecule has 1 saturated heterocycles. The number of carbonyl (C=O) groups excluding carboxylic acids is 1. The molecule has 38 heavy (non-hydrogen) atoms. The Morgan fingerprint density at radius 2 is 1.87 bits per heavy atom. The molecule has 1 atom stereocenters. The molecule has 12 heteroatoms. The lowest BCUT2D eigenvalue weighted by Gasteiger charge is -2.20. The van der Waals surface area contributed by atoms with Crippen molar-refractivity contribution in [3.63, 3.8) is 0 Å². The zero-order chi connectivity index (χ0) is 27.2. The number of carboxylic acids is 1. The molecule has 3 aromatic heterocycles. The smallest absolute Gasteiger partial charge is 0.416 e. The van der Waals surface area contributed by atoms with E-state index in [2.05, 4.69) is 9.97 Å². The highest BCUT2D eigenvalue weighted by Crippen LogP contribution is 2.37. The molecule has 0 radical (unpaired) electrons. The number of hydrogen-bond donors (Lipinski definition) is 2. The third-order valence-electron chi connectivity index (χ3n) is 6.80. The van der Waals surface area contributed by atoms with Crippen molar-refractivity contribution >= 4 is 29.0 Å². The number of Topliss-reactive ketones (excluding diaryl/α,β-unsaturated/α-hetero) is 1. The van der Waals surface area contributed by atoms with Gasteiger partial charge in [-0.1, -0.05) is 24.3 Å². The molecule has 5 rings (SSSR count). The molecule has 1 fully saturated rings. The number of carboxylic acid groups (broad SMARTS) is 1. The Bertz CT molecular complexity index is 1550. The average molecular weight is 525 g/mol. The van der Waals surface area contributed by atoms with Gasteiger partial charge in [0.15, 0.2) is 5.78 Å². The first-order valence-electron chi connectivity index (χ1n) is 11.7. The van der Waals surface area contributed by atoms with E-state index >= 15 is 0 Å². The fraction of sp³-hybridized carbons (Fsp3) is 0.269. The zero-order valence-corrected chi connectivity index (χ0v) is 20.2. The van der Waals surface area contributed by atoms with E-state index in [1.807, 2.05) is 4.90 Å². The van der Waals surface area contributed by atoms with Gasteiger partial charge in [-0.25, -0.2) is 9.97 Å². The van der Waals surface area contributed by atoms with Crippen molar-refractivity contribution in [1.82, 2.24) is 19.4 Å². The van der Waals surface area contributed by atoms with E-state index in [-0.39, 0.29) is 30.3 Å². The van der Waals surface area contributed by atoms with Crippen LogP contribution in [-0.4, -0.2) is 49.3 Å². The zero-order valence-electron chi connectivity index (χ0n) is 20.2. The van der Waals surface area contributed by atoms with Crippen LogP contribution < -0.4 is 10.6 Å². The number of hydrogen-bond acceptors (Lipinski definition) is 7. The van der Waals surface area contributed by atoms with E-state index in [4.69, 9.17) is 10.7 Å². The van der Waals surface area contributed by atoms with Gasteiger partial charge < -0.3 is 15.7 Å². The maximum Gasteiger partial charge on any atom is 0.416 e. The highest BCUT2D eigenvalue weighted by molar-refractivity contribution is 5.98. The second kappa shape index (κ2) is 9.12. The minimum absolute atomic E-state index is 0.0245. The molecular weight excluding hydrogens is 501 g/mol. The Labute approximate surface area is 214 Å². The maximum atomic E-state index is 13.0. The summed E-state index contributed by atoms with van der Waals surface area (Å²) in [6.07, 6.45) is -0.0681. The predicted octanol–water partition coefficient (Wildman–Crippen LogP) is 4.12. The Morgan fingerprint density at radius 3 is 2.53 bits per heavy atom. The van der Waals surface area contributed by atoms with Crippen molar-refractivity contribution in [2.24, 2.45) is 5.41 Å². The lowest BCUT2D eigenvalue weighted by molar-refractivity contribution is -0.146. The highest BCUT2D eigenvalue weighted by Gasteiger charge is 2.42. The molecular formula is C26H23F3N6O3. The van der Waals surface area contributed by atoms with Crippen LogP contribution >= 0.6 is 0 Å². The average Bonchev–Trinajstić information content (AvgIpc) is 3.46. The number of alkyl halides is 3. The van der Waals surface area contributed by atoms with Gasteiger partial charge in [-0.15, -0.1) is 0 Å². The number of nitrogen functional groups attached to an aromatic ring is 1. The highest BCUT2D eigenvalue weighted by atomic mass is 19.4. The van der Waals surface area contributed by atoms with Crippen LogP contribution in [0.15, 0.2) is 55.0 Å². The van der Waals surface area contributed by atoms with Gasteiger partial charge in [0, 0.05) is 48.5 Å². The van der Waals surface area contributed by atoms with Crippen molar-refractivity contribution in [3.05, 3.63) is 71.8 Å². The molecule has 0 spiro atoms. The number of carbonyl (C=O) groups is 2. The molecule has 0 bridgehead atoms. The third-order valence-corrected chi connectivity index (χ3v) is 6.80. The second-order valence-corrected chi connectivity index (χ2v) is 9.54. The summed E-state index contributed by atoms with van der Waals surface area (Å²) in [5, 5.41) is 9.63. The van der Waals surface area contributed by atoms with Gasteiger partial charge in [-0.05, 0) is 25.5 Å². The molecule has 3 N–H and O–H groups in total. The minimum Gasteiger partial charge on any atom is -0.481 e. The quantitative estimate of drug-likeness (QED) is 0.361. The van der Waals surface area contributed by atoms with E-state index in [0.29, 0.717) is 41.3 Å². The Balaban J connectivity index is 1.44. The number of aliphatic carboxylic acids is 1. The topological polar surface area (TPSA) is 127 Å². The van der Waals surface area contributed by atoms with Gasteiger partial charge in [0.1, 0.15) is 17.0 Å². The van der Waals surface area contributed by atoms with Gasteiger partial charge in [-0.2, -0.15) is 13.2 Å². The lowest BCUT2D eigenvalue weighted by atomic mass is 9.90. The number of pyridine rings is 1. The van der Waals surface area contributed by atoms with Crippen LogP contribution in [0.25, 0.3) is 16.8 Å². The number of imidazole rings is 1. The summed E-state index contributed by atoms with van der Waals surface area (Å²) in [7, 11) is 0. The van der Waals surface area contributed by atoms with Crippen molar-refractivity contribution in [2.45, 2.75) is 25.9 Å². The van der Waals surface area contributed by atoms with Crippen LogP contribution in [0.1, 0.15) is 35.0 Å². The lowest BCUT2D eigenvalue weighted by Crippen LogP contribution is -2.32. The summed E-state index contributed by atoms with van der Waals surface area (Å²) in [6.45, 7) is 2.48.